The van der Waals surface area contributed by atoms with Gasteiger partial charge in [0.1, 0.15) is 5.78 Å². The van der Waals surface area contributed by atoms with E-state index in [2.05, 4.69) is 0 Å². The number of alkyl halides is 2. The molecule has 82 valence electrons. The normalized spacial score (nSPS) is 26.9. The summed E-state index contributed by atoms with van der Waals surface area (Å²) in [6.45, 7) is 2.99. The molecular formula is C10H16F2O2. The van der Waals surface area contributed by atoms with Gasteiger partial charge in [0, 0.05) is 18.8 Å². The van der Waals surface area contributed by atoms with Crippen LogP contribution in [0.25, 0.3) is 0 Å². The van der Waals surface area contributed by atoms with Crippen LogP contribution in [-0.4, -0.2) is 22.4 Å². The zero-order valence-corrected chi connectivity index (χ0v) is 8.52. The molecule has 0 aliphatic heterocycles. The van der Waals surface area contributed by atoms with Crippen LogP contribution in [0, 0.1) is 5.92 Å². The Kier molecular flexibility index (Phi) is 2.95. The average molecular weight is 206 g/mol. The Balaban J connectivity index is 2.66. The molecule has 0 aromatic carbocycles. The molecule has 4 heteroatoms. The zero-order chi connectivity index (χ0) is 11.0. The van der Waals surface area contributed by atoms with Gasteiger partial charge in [0.2, 0.25) is 5.92 Å². The smallest absolute Gasteiger partial charge is 0.248 e. The van der Waals surface area contributed by atoms with Crippen LogP contribution in [-0.2, 0) is 4.79 Å². The number of ketones is 1. The van der Waals surface area contributed by atoms with Crippen molar-refractivity contribution in [2.45, 2.75) is 51.1 Å². The molecule has 0 heterocycles. The molecule has 1 atom stereocenters. The van der Waals surface area contributed by atoms with Crippen molar-refractivity contribution in [3.63, 3.8) is 0 Å². The maximum absolute atomic E-state index is 12.8. The van der Waals surface area contributed by atoms with E-state index in [0.717, 1.165) is 0 Å². The molecule has 1 saturated carbocycles. The van der Waals surface area contributed by atoms with Crippen LogP contribution >= 0.6 is 0 Å². The lowest BCUT2D eigenvalue weighted by molar-refractivity contribution is -0.145. The van der Waals surface area contributed by atoms with Crippen LogP contribution < -0.4 is 0 Å². The number of hydrogen-bond acceptors (Lipinski definition) is 2. The highest BCUT2D eigenvalue weighted by Crippen LogP contribution is 2.41. The summed E-state index contributed by atoms with van der Waals surface area (Å²) < 4.78 is 25.6. The quantitative estimate of drug-likeness (QED) is 0.751. The van der Waals surface area contributed by atoms with Gasteiger partial charge in [0.25, 0.3) is 0 Å². The first kappa shape index (κ1) is 11.6. The molecule has 0 radical (unpaired) electrons. The molecule has 0 bridgehead atoms. The lowest BCUT2D eigenvalue weighted by Gasteiger charge is -2.39. The van der Waals surface area contributed by atoms with E-state index in [9.17, 15) is 18.7 Å². The van der Waals surface area contributed by atoms with Gasteiger partial charge in [-0.05, 0) is 19.8 Å². The van der Waals surface area contributed by atoms with Crippen LogP contribution in [0.3, 0.4) is 0 Å². The lowest BCUT2D eigenvalue weighted by Crippen LogP contribution is -2.45. The number of rotatable bonds is 2. The molecule has 0 amide bonds. The van der Waals surface area contributed by atoms with Gasteiger partial charge in [-0.1, -0.05) is 6.92 Å². The molecule has 0 spiro atoms. The summed E-state index contributed by atoms with van der Waals surface area (Å²) in [5.74, 6) is -3.35. The van der Waals surface area contributed by atoms with Crippen molar-refractivity contribution in [3.8, 4) is 0 Å². The molecule has 14 heavy (non-hydrogen) atoms. The SMILES string of the molecule is CC(=O)C(C)C1(O)CCC(F)(F)CC1. The van der Waals surface area contributed by atoms with E-state index in [4.69, 9.17) is 0 Å². The second-order valence-electron chi connectivity index (χ2n) is 4.29. The van der Waals surface area contributed by atoms with Crippen molar-refractivity contribution in [2.75, 3.05) is 0 Å². The van der Waals surface area contributed by atoms with Crippen molar-refractivity contribution < 1.29 is 18.7 Å². The van der Waals surface area contributed by atoms with Gasteiger partial charge >= 0.3 is 0 Å². The van der Waals surface area contributed by atoms with Gasteiger partial charge < -0.3 is 5.11 Å². The summed E-state index contributed by atoms with van der Waals surface area (Å²) in [4.78, 5) is 11.1. The van der Waals surface area contributed by atoms with E-state index in [1.54, 1.807) is 6.92 Å². The van der Waals surface area contributed by atoms with Gasteiger partial charge in [0.15, 0.2) is 0 Å². The van der Waals surface area contributed by atoms with E-state index in [1.165, 1.54) is 6.92 Å². The number of halogens is 2. The maximum atomic E-state index is 12.8. The molecule has 2 nitrogen and oxygen atoms in total. The summed E-state index contributed by atoms with van der Waals surface area (Å²) in [7, 11) is 0. The molecule has 0 aromatic heterocycles. The van der Waals surface area contributed by atoms with Gasteiger partial charge in [-0.2, -0.15) is 0 Å². The molecular weight excluding hydrogens is 190 g/mol. The van der Waals surface area contributed by atoms with Crippen molar-refractivity contribution >= 4 is 5.78 Å². The molecule has 0 aromatic rings. The van der Waals surface area contributed by atoms with Crippen LogP contribution in [0.2, 0.25) is 0 Å². The minimum Gasteiger partial charge on any atom is -0.389 e. The molecule has 1 rings (SSSR count). The Bertz CT molecular complexity index is 228. The monoisotopic (exact) mass is 206 g/mol. The summed E-state index contributed by atoms with van der Waals surface area (Å²) >= 11 is 0. The predicted octanol–water partition coefficient (Wildman–Crippen LogP) is 2.15. The third-order valence-corrected chi connectivity index (χ3v) is 3.26. The minimum absolute atomic E-state index is 0.0146. The third kappa shape index (κ3) is 2.29. The van der Waals surface area contributed by atoms with E-state index in [0.29, 0.717) is 0 Å². The largest absolute Gasteiger partial charge is 0.389 e. The Morgan fingerprint density at radius 1 is 1.29 bits per heavy atom. The molecule has 1 fully saturated rings. The van der Waals surface area contributed by atoms with Crippen molar-refractivity contribution in [3.05, 3.63) is 0 Å². The Hall–Kier alpha value is -0.510. The minimum atomic E-state index is -2.66. The van der Waals surface area contributed by atoms with Crippen molar-refractivity contribution in [1.29, 1.82) is 0 Å². The second kappa shape index (κ2) is 3.57. The van der Waals surface area contributed by atoms with Crippen LogP contribution in [0.1, 0.15) is 39.5 Å². The lowest BCUT2D eigenvalue weighted by atomic mass is 9.74. The number of carbonyl (C=O) groups excluding carboxylic acids is 1. The fourth-order valence-corrected chi connectivity index (χ4v) is 1.86. The fourth-order valence-electron chi connectivity index (χ4n) is 1.86. The fraction of sp³-hybridized carbons (Fsp3) is 0.900. The summed E-state index contributed by atoms with van der Waals surface area (Å²) in [5.41, 5.74) is -1.21. The Morgan fingerprint density at radius 2 is 1.71 bits per heavy atom. The number of aliphatic hydroxyl groups is 1. The van der Waals surface area contributed by atoms with Gasteiger partial charge in [-0.25, -0.2) is 8.78 Å². The molecule has 0 saturated heterocycles. The standard InChI is InChI=1S/C10H16F2O2/c1-7(8(2)13)9(14)3-5-10(11,12)6-4-9/h7,14H,3-6H2,1-2H3. The predicted molar refractivity (Wildman–Crippen MR) is 48.2 cm³/mol. The highest BCUT2D eigenvalue weighted by Gasteiger charge is 2.46. The van der Waals surface area contributed by atoms with Gasteiger partial charge in [0.05, 0.1) is 5.60 Å². The first-order valence-electron chi connectivity index (χ1n) is 4.87. The number of carbonyl (C=O) groups is 1. The van der Waals surface area contributed by atoms with Gasteiger partial charge in [-0.3, -0.25) is 4.79 Å². The van der Waals surface area contributed by atoms with Crippen molar-refractivity contribution in [1.82, 2.24) is 0 Å². The molecule has 1 unspecified atom stereocenters. The first-order valence-corrected chi connectivity index (χ1v) is 4.87. The van der Waals surface area contributed by atoms with E-state index in [1.807, 2.05) is 0 Å². The Morgan fingerprint density at radius 3 is 2.07 bits per heavy atom. The second-order valence-corrected chi connectivity index (χ2v) is 4.29. The average Bonchev–Trinajstić information content (AvgIpc) is 2.09. The van der Waals surface area contributed by atoms with Crippen LogP contribution in [0.5, 0.6) is 0 Å². The highest BCUT2D eigenvalue weighted by atomic mass is 19.3. The Labute approximate surface area is 82.3 Å². The third-order valence-electron chi connectivity index (χ3n) is 3.26. The molecule has 1 aliphatic carbocycles. The first-order chi connectivity index (χ1) is 6.27. The zero-order valence-electron chi connectivity index (χ0n) is 8.52. The van der Waals surface area contributed by atoms with Gasteiger partial charge in [-0.15, -0.1) is 0 Å². The molecule has 1 aliphatic rings. The summed E-state index contributed by atoms with van der Waals surface area (Å²) in [6.07, 6.45) is -0.607. The van der Waals surface area contributed by atoms with E-state index >= 15 is 0 Å². The van der Waals surface area contributed by atoms with Crippen LogP contribution in [0.15, 0.2) is 0 Å². The number of Topliss-reactive ketones (excluding diaryl/α,β-unsaturated/α-hetero) is 1. The number of hydrogen-bond donors (Lipinski definition) is 1. The maximum Gasteiger partial charge on any atom is 0.248 e. The van der Waals surface area contributed by atoms with E-state index in [-0.39, 0.29) is 31.5 Å². The van der Waals surface area contributed by atoms with Crippen LogP contribution in [0.4, 0.5) is 8.78 Å². The molecule has 1 N–H and O–H groups in total. The van der Waals surface area contributed by atoms with Crippen molar-refractivity contribution in [2.24, 2.45) is 5.92 Å². The highest BCUT2D eigenvalue weighted by molar-refractivity contribution is 5.79. The summed E-state index contributed by atoms with van der Waals surface area (Å²) in [5, 5.41) is 9.99. The van der Waals surface area contributed by atoms with E-state index < -0.39 is 17.4 Å². The summed E-state index contributed by atoms with van der Waals surface area (Å²) in [6, 6.07) is 0. The topological polar surface area (TPSA) is 37.3 Å².